The Morgan fingerprint density at radius 3 is 2.95 bits per heavy atom. The highest BCUT2D eigenvalue weighted by molar-refractivity contribution is 5.99. The minimum absolute atomic E-state index is 0.212. The average Bonchev–Trinajstić information content (AvgIpc) is 2.88. The van der Waals surface area contributed by atoms with Crippen molar-refractivity contribution in [1.29, 1.82) is 0 Å². The average molecular weight is 268 g/mol. The summed E-state index contributed by atoms with van der Waals surface area (Å²) in [6, 6.07) is -0.293. The molecular formula is C11H16N4O4. The Balaban J connectivity index is 2.00. The Bertz CT molecular complexity index is 453. The summed E-state index contributed by atoms with van der Waals surface area (Å²) in [6.07, 6.45) is 1.33. The fourth-order valence-electron chi connectivity index (χ4n) is 1.70. The molecule has 19 heavy (non-hydrogen) atoms. The van der Waals surface area contributed by atoms with Crippen LogP contribution in [0.15, 0.2) is 6.20 Å². The molecule has 2 heterocycles. The van der Waals surface area contributed by atoms with Gasteiger partial charge in [0, 0.05) is 13.1 Å². The first-order chi connectivity index (χ1) is 9.22. The van der Waals surface area contributed by atoms with E-state index in [2.05, 4.69) is 15.5 Å². The number of aromatic amines is 1. The van der Waals surface area contributed by atoms with E-state index in [4.69, 9.17) is 9.47 Å². The molecule has 8 nitrogen and oxygen atoms in total. The van der Waals surface area contributed by atoms with Crippen LogP contribution in [0.4, 0.5) is 10.6 Å². The number of morpholine rings is 1. The van der Waals surface area contributed by atoms with E-state index in [0.717, 1.165) is 0 Å². The molecule has 2 amide bonds. The largest absolute Gasteiger partial charge is 0.462 e. The van der Waals surface area contributed by atoms with Crippen LogP contribution in [0.1, 0.15) is 17.3 Å². The summed E-state index contributed by atoms with van der Waals surface area (Å²) < 4.78 is 10.0. The number of anilines is 1. The van der Waals surface area contributed by atoms with Gasteiger partial charge in [-0.15, -0.1) is 0 Å². The number of esters is 1. The van der Waals surface area contributed by atoms with Gasteiger partial charge in [-0.2, -0.15) is 5.10 Å². The Kier molecular flexibility index (Phi) is 4.35. The van der Waals surface area contributed by atoms with Crippen molar-refractivity contribution < 1.29 is 19.1 Å². The van der Waals surface area contributed by atoms with Gasteiger partial charge in [-0.3, -0.25) is 10.4 Å². The lowest BCUT2D eigenvalue weighted by Gasteiger charge is -2.26. The molecule has 0 aliphatic carbocycles. The van der Waals surface area contributed by atoms with Gasteiger partial charge in [-0.05, 0) is 6.92 Å². The number of H-pyrrole nitrogens is 1. The Labute approximate surface area is 110 Å². The predicted octanol–water partition coefficient (Wildman–Crippen LogP) is 0.450. The van der Waals surface area contributed by atoms with E-state index < -0.39 is 5.97 Å². The van der Waals surface area contributed by atoms with Gasteiger partial charge in [0.25, 0.3) is 0 Å². The fraction of sp³-hybridized carbons (Fsp3) is 0.545. The zero-order valence-electron chi connectivity index (χ0n) is 10.6. The van der Waals surface area contributed by atoms with Crippen LogP contribution in [-0.4, -0.2) is 60.0 Å². The van der Waals surface area contributed by atoms with E-state index in [1.807, 2.05) is 0 Å². The molecule has 1 fully saturated rings. The van der Waals surface area contributed by atoms with Gasteiger partial charge in [0.15, 0.2) is 0 Å². The van der Waals surface area contributed by atoms with E-state index in [0.29, 0.717) is 26.3 Å². The molecule has 1 aromatic heterocycles. The first-order valence-corrected chi connectivity index (χ1v) is 6.06. The Morgan fingerprint density at radius 1 is 1.53 bits per heavy atom. The zero-order chi connectivity index (χ0) is 13.7. The van der Waals surface area contributed by atoms with Crippen molar-refractivity contribution in [1.82, 2.24) is 15.1 Å². The van der Waals surface area contributed by atoms with Crippen molar-refractivity contribution in [3.63, 3.8) is 0 Å². The van der Waals surface area contributed by atoms with Crippen LogP contribution in [0.25, 0.3) is 0 Å². The van der Waals surface area contributed by atoms with Crippen molar-refractivity contribution in [2.45, 2.75) is 6.92 Å². The molecule has 8 heteroatoms. The van der Waals surface area contributed by atoms with Gasteiger partial charge in [-0.25, -0.2) is 9.59 Å². The number of urea groups is 1. The summed E-state index contributed by atoms with van der Waals surface area (Å²) in [5, 5.41) is 8.93. The molecule has 0 bridgehead atoms. The van der Waals surface area contributed by atoms with Crippen LogP contribution in [0, 0.1) is 0 Å². The number of rotatable bonds is 3. The number of hydrogen-bond acceptors (Lipinski definition) is 5. The SMILES string of the molecule is CCOC(=O)c1cn[nH]c1NC(=O)N1CCOCC1. The number of carbonyl (C=O) groups is 2. The van der Waals surface area contributed by atoms with Crippen molar-refractivity contribution in [2.24, 2.45) is 0 Å². The van der Waals surface area contributed by atoms with E-state index in [-0.39, 0.29) is 24.0 Å². The Hall–Kier alpha value is -2.09. The van der Waals surface area contributed by atoms with Crippen LogP contribution in [-0.2, 0) is 9.47 Å². The van der Waals surface area contributed by atoms with Gasteiger partial charge in [0.05, 0.1) is 26.0 Å². The van der Waals surface area contributed by atoms with Crippen molar-refractivity contribution in [3.05, 3.63) is 11.8 Å². The van der Waals surface area contributed by atoms with Crippen LogP contribution in [0.2, 0.25) is 0 Å². The standard InChI is InChI=1S/C11H16N4O4/c1-2-19-10(16)8-7-12-14-9(8)13-11(17)15-3-5-18-6-4-15/h7H,2-6H2,1H3,(H2,12,13,14,17). The molecule has 0 radical (unpaired) electrons. The molecule has 0 spiro atoms. The minimum atomic E-state index is -0.520. The Morgan fingerprint density at radius 2 is 2.26 bits per heavy atom. The third-order valence-electron chi connectivity index (χ3n) is 2.66. The van der Waals surface area contributed by atoms with E-state index in [1.165, 1.54) is 6.20 Å². The highest BCUT2D eigenvalue weighted by Gasteiger charge is 2.21. The summed E-state index contributed by atoms with van der Waals surface area (Å²) in [4.78, 5) is 25.2. The lowest BCUT2D eigenvalue weighted by Crippen LogP contribution is -2.43. The number of amides is 2. The van der Waals surface area contributed by atoms with Gasteiger partial charge in [0.1, 0.15) is 11.4 Å². The molecule has 1 aliphatic rings. The molecular weight excluding hydrogens is 252 g/mol. The third kappa shape index (κ3) is 3.22. The molecule has 2 N–H and O–H groups in total. The van der Waals surface area contributed by atoms with Gasteiger partial charge < -0.3 is 14.4 Å². The smallest absolute Gasteiger partial charge is 0.343 e. The first kappa shape index (κ1) is 13.3. The maximum Gasteiger partial charge on any atom is 0.343 e. The molecule has 2 rings (SSSR count). The summed E-state index contributed by atoms with van der Waals surface area (Å²) in [5.74, 6) is -0.275. The number of carbonyl (C=O) groups excluding carboxylic acids is 2. The molecule has 1 saturated heterocycles. The first-order valence-electron chi connectivity index (χ1n) is 6.06. The summed E-state index contributed by atoms with van der Waals surface area (Å²) in [5.41, 5.74) is 0.212. The third-order valence-corrected chi connectivity index (χ3v) is 2.66. The van der Waals surface area contributed by atoms with Crippen LogP contribution in [0.5, 0.6) is 0 Å². The second-order valence-corrected chi connectivity index (χ2v) is 3.91. The fourth-order valence-corrected chi connectivity index (χ4v) is 1.70. The minimum Gasteiger partial charge on any atom is -0.462 e. The lowest BCUT2D eigenvalue weighted by molar-refractivity contribution is 0.0526. The van der Waals surface area contributed by atoms with Crippen LogP contribution in [0.3, 0.4) is 0 Å². The van der Waals surface area contributed by atoms with E-state index in [1.54, 1.807) is 11.8 Å². The number of nitrogens with zero attached hydrogens (tertiary/aromatic N) is 2. The highest BCUT2D eigenvalue weighted by Crippen LogP contribution is 2.13. The maximum absolute atomic E-state index is 12.0. The topological polar surface area (TPSA) is 96.5 Å². The van der Waals surface area contributed by atoms with Crippen molar-refractivity contribution in [2.75, 3.05) is 38.2 Å². The summed E-state index contributed by atoms with van der Waals surface area (Å²) >= 11 is 0. The van der Waals surface area contributed by atoms with Crippen molar-refractivity contribution >= 4 is 17.8 Å². The summed E-state index contributed by atoms with van der Waals surface area (Å²) in [6.45, 7) is 4.05. The quantitative estimate of drug-likeness (QED) is 0.776. The van der Waals surface area contributed by atoms with E-state index >= 15 is 0 Å². The molecule has 0 saturated carbocycles. The highest BCUT2D eigenvalue weighted by atomic mass is 16.5. The number of ether oxygens (including phenoxy) is 2. The van der Waals surface area contributed by atoms with Crippen molar-refractivity contribution in [3.8, 4) is 0 Å². The number of hydrogen-bond donors (Lipinski definition) is 2. The molecule has 1 aliphatic heterocycles. The molecule has 1 aromatic rings. The second-order valence-electron chi connectivity index (χ2n) is 3.91. The normalized spacial score (nSPS) is 15.1. The van der Waals surface area contributed by atoms with Crippen LogP contribution < -0.4 is 5.32 Å². The van der Waals surface area contributed by atoms with Gasteiger partial charge in [-0.1, -0.05) is 0 Å². The van der Waals surface area contributed by atoms with Crippen LogP contribution >= 0.6 is 0 Å². The monoisotopic (exact) mass is 268 g/mol. The molecule has 0 atom stereocenters. The predicted molar refractivity (Wildman–Crippen MR) is 66.0 cm³/mol. The van der Waals surface area contributed by atoms with Gasteiger partial charge >= 0.3 is 12.0 Å². The molecule has 104 valence electrons. The number of nitrogens with one attached hydrogen (secondary N) is 2. The molecule has 0 aromatic carbocycles. The second kappa shape index (κ2) is 6.19. The van der Waals surface area contributed by atoms with Gasteiger partial charge in [0.2, 0.25) is 0 Å². The summed E-state index contributed by atoms with van der Waals surface area (Å²) in [7, 11) is 0. The maximum atomic E-state index is 12.0. The zero-order valence-corrected chi connectivity index (χ0v) is 10.6. The number of aromatic nitrogens is 2. The van der Waals surface area contributed by atoms with E-state index in [9.17, 15) is 9.59 Å². The lowest BCUT2D eigenvalue weighted by atomic mass is 10.3. The molecule has 0 unspecified atom stereocenters.